The lowest BCUT2D eigenvalue weighted by Gasteiger charge is -2.31. The molecule has 1 N–H and O–H groups in total. The minimum absolute atomic E-state index is 0.0457. The molecule has 1 heterocycles. The summed E-state index contributed by atoms with van der Waals surface area (Å²) in [5.41, 5.74) is -0.142. The first-order valence-corrected chi connectivity index (χ1v) is 5.16. The van der Waals surface area contributed by atoms with Crippen LogP contribution < -0.4 is 0 Å². The molecule has 0 spiro atoms. The maximum Gasteiger partial charge on any atom is 0.139 e. The van der Waals surface area contributed by atoms with Gasteiger partial charge in [-0.1, -0.05) is 20.8 Å². The molecule has 0 saturated carbocycles. The second-order valence-electron chi connectivity index (χ2n) is 5.18. The van der Waals surface area contributed by atoms with Gasteiger partial charge in [-0.05, 0) is 5.41 Å². The fraction of sp³-hybridized carbons (Fsp3) is 0.909. The molecule has 0 aromatic rings. The molecule has 1 aliphatic heterocycles. The van der Waals surface area contributed by atoms with Gasteiger partial charge >= 0.3 is 0 Å². The summed E-state index contributed by atoms with van der Waals surface area (Å²) in [7, 11) is 0. The summed E-state index contributed by atoms with van der Waals surface area (Å²) < 4.78 is 5.02. The lowest BCUT2D eigenvalue weighted by molar-refractivity contribution is -0.133. The molecule has 1 fully saturated rings. The van der Waals surface area contributed by atoms with E-state index in [0.29, 0.717) is 25.6 Å². The van der Waals surface area contributed by atoms with Gasteiger partial charge in [0.25, 0.3) is 0 Å². The van der Waals surface area contributed by atoms with Gasteiger partial charge in [0, 0.05) is 18.3 Å². The number of carbonyl (C=O) groups is 1. The van der Waals surface area contributed by atoms with E-state index in [-0.39, 0.29) is 23.7 Å². The summed E-state index contributed by atoms with van der Waals surface area (Å²) in [6.07, 6.45) is 0.558. The molecule has 0 amide bonds. The van der Waals surface area contributed by atoms with Crippen LogP contribution in [0.2, 0.25) is 0 Å². The largest absolute Gasteiger partial charge is 0.396 e. The number of Topliss-reactive ketones (excluding diaryl/α,β-unsaturated/α-hetero) is 1. The van der Waals surface area contributed by atoms with Gasteiger partial charge < -0.3 is 9.84 Å². The van der Waals surface area contributed by atoms with Gasteiger partial charge in [-0.15, -0.1) is 0 Å². The maximum atomic E-state index is 11.8. The third-order valence-corrected chi connectivity index (χ3v) is 2.81. The third-order valence-electron chi connectivity index (χ3n) is 2.81. The van der Waals surface area contributed by atoms with Crippen LogP contribution in [0.15, 0.2) is 0 Å². The smallest absolute Gasteiger partial charge is 0.139 e. The zero-order chi connectivity index (χ0) is 10.8. The normalized spacial score (nSPS) is 20.3. The first-order chi connectivity index (χ1) is 6.45. The number of hydrogen-bond acceptors (Lipinski definition) is 3. The predicted molar refractivity (Wildman–Crippen MR) is 54.0 cm³/mol. The monoisotopic (exact) mass is 200 g/mol. The number of aliphatic hydroxyl groups excluding tert-OH is 1. The zero-order valence-electron chi connectivity index (χ0n) is 9.25. The van der Waals surface area contributed by atoms with E-state index < -0.39 is 0 Å². The van der Waals surface area contributed by atoms with Crippen molar-refractivity contribution in [2.24, 2.45) is 17.3 Å². The number of hydrogen-bond donors (Lipinski definition) is 1. The summed E-state index contributed by atoms with van der Waals surface area (Å²) in [6, 6.07) is 0. The average molecular weight is 200 g/mol. The number of rotatable bonds is 4. The molecule has 0 aromatic heterocycles. The molecule has 1 rings (SSSR count). The molecule has 0 bridgehead atoms. The molecule has 3 nitrogen and oxygen atoms in total. The molecule has 0 radical (unpaired) electrons. The summed E-state index contributed by atoms with van der Waals surface area (Å²) >= 11 is 0. The molecule has 1 unspecified atom stereocenters. The van der Waals surface area contributed by atoms with Crippen LogP contribution in [0.1, 0.15) is 27.2 Å². The Bertz CT molecular complexity index is 201. The van der Waals surface area contributed by atoms with Crippen molar-refractivity contribution in [2.45, 2.75) is 27.2 Å². The summed E-state index contributed by atoms with van der Waals surface area (Å²) in [5.74, 6) is 0.329. The minimum Gasteiger partial charge on any atom is -0.396 e. The van der Waals surface area contributed by atoms with E-state index >= 15 is 0 Å². The Balaban J connectivity index is 2.47. The highest BCUT2D eigenvalue weighted by Crippen LogP contribution is 2.29. The van der Waals surface area contributed by atoms with Crippen molar-refractivity contribution in [2.75, 3.05) is 19.8 Å². The first kappa shape index (κ1) is 11.7. The molecule has 0 aromatic carbocycles. The Hall–Kier alpha value is -0.410. The van der Waals surface area contributed by atoms with E-state index in [0.717, 1.165) is 0 Å². The van der Waals surface area contributed by atoms with Crippen LogP contribution in [0.25, 0.3) is 0 Å². The number of carbonyl (C=O) groups excluding carboxylic acids is 1. The predicted octanol–water partition coefficient (Wildman–Crippen LogP) is 1.25. The van der Waals surface area contributed by atoms with Gasteiger partial charge in [-0.2, -0.15) is 0 Å². The lowest BCUT2D eigenvalue weighted by Crippen LogP contribution is -2.37. The highest BCUT2D eigenvalue weighted by molar-refractivity contribution is 5.82. The summed E-state index contributed by atoms with van der Waals surface area (Å²) in [5, 5.41) is 9.18. The van der Waals surface area contributed by atoms with Crippen molar-refractivity contribution in [1.82, 2.24) is 0 Å². The summed E-state index contributed by atoms with van der Waals surface area (Å²) in [4.78, 5) is 11.8. The van der Waals surface area contributed by atoms with Crippen LogP contribution >= 0.6 is 0 Å². The van der Waals surface area contributed by atoms with Crippen molar-refractivity contribution in [1.29, 1.82) is 0 Å². The molecular weight excluding hydrogens is 180 g/mol. The van der Waals surface area contributed by atoms with E-state index in [1.165, 1.54) is 0 Å². The van der Waals surface area contributed by atoms with Crippen molar-refractivity contribution >= 4 is 5.78 Å². The van der Waals surface area contributed by atoms with E-state index in [2.05, 4.69) is 0 Å². The molecule has 1 aliphatic rings. The first-order valence-electron chi connectivity index (χ1n) is 5.16. The third kappa shape index (κ3) is 2.79. The SMILES string of the molecule is CC(C)(C)C(CO)C(=O)CC1COC1. The molecular formula is C11H20O3. The van der Waals surface area contributed by atoms with Crippen LogP contribution in [-0.4, -0.2) is 30.7 Å². The Kier molecular flexibility index (Phi) is 3.67. The molecule has 1 saturated heterocycles. The van der Waals surface area contributed by atoms with Gasteiger partial charge in [0.05, 0.1) is 19.8 Å². The van der Waals surface area contributed by atoms with Crippen LogP contribution in [0.3, 0.4) is 0 Å². The minimum atomic E-state index is -0.233. The number of aliphatic hydroxyl groups is 1. The van der Waals surface area contributed by atoms with Crippen LogP contribution in [0.4, 0.5) is 0 Å². The van der Waals surface area contributed by atoms with E-state index in [1.54, 1.807) is 0 Å². The highest BCUT2D eigenvalue weighted by atomic mass is 16.5. The van der Waals surface area contributed by atoms with Crippen LogP contribution in [0.5, 0.6) is 0 Å². The second kappa shape index (κ2) is 4.41. The molecule has 82 valence electrons. The Morgan fingerprint density at radius 3 is 2.36 bits per heavy atom. The van der Waals surface area contributed by atoms with Crippen molar-refractivity contribution in [3.63, 3.8) is 0 Å². The van der Waals surface area contributed by atoms with Gasteiger partial charge in [0.1, 0.15) is 5.78 Å². The Morgan fingerprint density at radius 2 is 2.07 bits per heavy atom. The van der Waals surface area contributed by atoms with Crippen molar-refractivity contribution in [3.05, 3.63) is 0 Å². The molecule has 3 heteroatoms. The molecule has 1 atom stereocenters. The second-order valence-corrected chi connectivity index (χ2v) is 5.18. The van der Waals surface area contributed by atoms with Crippen molar-refractivity contribution < 1.29 is 14.6 Å². The molecule has 0 aliphatic carbocycles. The zero-order valence-corrected chi connectivity index (χ0v) is 9.25. The van der Waals surface area contributed by atoms with Crippen LogP contribution in [-0.2, 0) is 9.53 Å². The Morgan fingerprint density at radius 1 is 1.50 bits per heavy atom. The highest BCUT2D eigenvalue weighted by Gasteiger charge is 2.33. The van der Waals surface area contributed by atoms with Gasteiger partial charge in [-0.25, -0.2) is 0 Å². The fourth-order valence-electron chi connectivity index (χ4n) is 1.69. The van der Waals surface area contributed by atoms with Crippen molar-refractivity contribution in [3.8, 4) is 0 Å². The van der Waals surface area contributed by atoms with Gasteiger partial charge in [0.15, 0.2) is 0 Å². The fourth-order valence-corrected chi connectivity index (χ4v) is 1.69. The van der Waals surface area contributed by atoms with E-state index in [1.807, 2.05) is 20.8 Å². The maximum absolute atomic E-state index is 11.8. The Labute approximate surface area is 85.5 Å². The average Bonchev–Trinajstić information content (AvgIpc) is 1.95. The number of ketones is 1. The van der Waals surface area contributed by atoms with E-state index in [9.17, 15) is 9.90 Å². The standard InChI is InChI=1S/C11H20O3/c1-11(2,3)9(5-12)10(13)4-8-6-14-7-8/h8-9,12H,4-7H2,1-3H3. The topological polar surface area (TPSA) is 46.5 Å². The van der Waals surface area contributed by atoms with E-state index in [4.69, 9.17) is 4.74 Å². The quantitative estimate of drug-likeness (QED) is 0.743. The number of ether oxygens (including phenoxy) is 1. The van der Waals surface area contributed by atoms with Gasteiger partial charge in [-0.3, -0.25) is 4.79 Å². The van der Waals surface area contributed by atoms with Gasteiger partial charge in [0.2, 0.25) is 0 Å². The van der Waals surface area contributed by atoms with Crippen LogP contribution in [0, 0.1) is 17.3 Å². The molecule has 14 heavy (non-hydrogen) atoms. The summed E-state index contributed by atoms with van der Waals surface area (Å²) in [6.45, 7) is 7.33. The lowest BCUT2D eigenvalue weighted by atomic mass is 9.76.